The van der Waals surface area contributed by atoms with Gasteiger partial charge in [0.2, 0.25) is 0 Å². The molecular weight excluding hydrogens is 417 g/mol. The van der Waals surface area contributed by atoms with Crippen LogP contribution in [0.5, 0.6) is 0 Å². The fourth-order valence-electron chi connectivity index (χ4n) is 3.77. The van der Waals surface area contributed by atoms with Crippen molar-refractivity contribution in [2.24, 2.45) is 18.5 Å². The van der Waals surface area contributed by atoms with Crippen molar-refractivity contribution in [3.05, 3.63) is 52.5 Å². The third kappa shape index (κ3) is 4.30. The number of carbonyl (C=O) groups is 1. The summed E-state index contributed by atoms with van der Waals surface area (Å²) < 4.78 is 16.0. The fraction of sp³-hybridized carbons (Fsp3) is 0.350. The summed E-state index contributed by atoms with van der Waals surface area (Å²) >= 11 is 0. The molecule has 1 aliphatic rings. The molecule has 0 spiro atoms. The number of nitrogens with zero attached hydrogens (tertiary/aromatic N) is 5. The van der Waals surface area contributed by atoms with E-state index in [2.05, 4.69) is 25.8 Å². The number of hydrogen-bond donors (Lipinski definition) is 4. The zero-order valence-corrected chi connectivity index (χ0v) is 17.5. The van der Waals surface area contributed by atoms with Crippen LogP contribution in [-0.2, 0) is 7.05 Å². The van der Waals surface area contributed by atoms with Crippen LogP contribution in [0.25, 0.3) is 5.69 Å². The van der Waals surface area contributed by atoms with Crippen LogP contribution in [0.15, 0.2) is 35.5 Å². The molecule has 0 aliphatic heterocycles. The zero-order valence-electron chi connectivity index (χ0n) is 17.5. The lowest BCUT2D eigenvalue weighted by molar-refractivity contribution is 0.100. The fourth-order valence-corrected chi connectivity index (χ4v) is 3.77. The van der Waals surface area contributed by atoms with Gasteiger partial charge in [0.05, 0.1) is 23.6 Å². The van der Waals surface area contributed by atoms with E-state index in [0.717, 1.165) is 31.7 Å². The molecule has 2 atom stereocenters. The lowest BCUT2D eigenvalue weighted by atomic mass is 9.91. The smallest absolute Gasteiger partial charge is 0.278 e. The van der Waals surface area contributed by atoms with Crippen molar-refractivity contribution in [2.75, 3.05) is 10.6 Å². The summed E-state index contributed by atoms with van der Waals surface area (Å²) in [5.74, 6) is -1.54. The van der Waals surface area contributed by atoms with Crippen LogP contribution in [0.3, 0.4) is 0 Å². The number of nitrogens with one attached hydrogen (secondary N) is 2. The third-order valence-corrected chi connectivity index (χ3v) is 5.44. The minimum Gasteiger partial charge on any atom is -0.365 e. The van der Waals surface area contributed by atoms with Crippen LogP contribution in [0.4, 0.5) is 21.7 Å². The number of nitrogens with two attached hydrogens (primary N) is 2. The highest BCUT2D eigenvalue weighted by atomic mass is 19.1. The SMILES string of the molecule is Cn1cc(Nc2nc(N[C@H]3CCCC[C@H]3N)c(F)cc2C(N)=O)cc(-n2nccn2)c1=O. The van der Waals surface area contributed by atoms with Gasteiger partial charge in [0, 0.05) is 25.3 Å². The third-order valence-electron chi connectivity index (χ3n) is 5.44. The predicted octanol–water partition coefficient (Wildman–Crippen LogP) is 1.02. The van der Waals surface area contributed by atoms with Crippen LogP contribution in [0.2, 0.25) is 0 Å². The molecule has 3 aromatic heterocycles. The quantitative estimate of drug-likeness (QED) is 0.441. The Balaban J connectivity index is 1.71. The Labute approximate surface area is 182 Å². The lowest BCUT2D eigenvalue weighted by Crippen LogP contribution is -2.43. The predicted molar refractivity (Wildman–Crippen MR) is 116 cm³/mol. The van der Waals surface area contributed by atoms with Gasteiger partial charge in [0.25, 0.3) is 11.5 Å². The first-order valence-corrected chi connectivity index (χ1v) is 10.2. The zero-order chi connectivity index (χ0) is 22.8. The second-order valence-corrected chi connectivity index (χ2v) is 7.75. The minimum absolute atomic E-state index is 0.0290. The van der Waals surface area contributed by atoms with Gasteiger partial charge in [-0.25, -0.2) is 9.37 Å². The molecule has 3 aromatic rings. The molecule has 0 aromatic carbocycles. The van der Waals surface area contributed by atoms with Gasteiger partial charge in [0.1, 0.15) is 5.82 Å². The number of amides is 1. The number of anilines is 3. The van der Waals surface area contributed by atoms with Crippen molar-refractivity contribution in [3.8, 4) is 5.69 Å². The molecule has 32 heavy (non-hydrogen) atoms. The van der Waals surface area contributed by atoms with Gasteiger partial charge in [-0.05, 0) is 25.0 Å². The van der Waals surface area contributed by atoms with Crippen LogP contribution in [0, 0.1) is 5.82 Å². The van der Waals surface area contributed by atoms with E-state index in [0.29, 0.717) is 5.69 Å². The number of primary amides is 1. The summed E-state index contributed by atoms with van der Waals surface area (Å²) in [5.41, 5.74) is 11.7. The lowest BCUT2D eigenvalue weighted by Gasteiger charge is -2.30. The average Bonchev–Trinajstić information content (AvgIpc) is 3.28. The number of aryl methyl sites for hydroxylation is 1. The first kappa shape index (κ1) is 21.4. The summed E-state index contributed by atoms with van der Waals surface area (Å²) in [4.78, 5) is 29.9. The van der Waals surface area contributed by atoms with Crippen LogP contribution in [0.1, 0.15) is 36.0 Å². The number of rotatable bonds is 6. The van der Waals surface area contributed by atoms with E-state index in [1.807, 2.05) is 0 Å². The molecule has 0 bridgehead atoms. The van der Waals surface area contributed by atoms with E-state index in [-0.39, 0.29) is 40.5 Å². The molecule has 4 rings (SSSR count). The summed E-state index contributed by atoms with van der Waals surface area (Å²) in [6.45, 7) is 0. The van der Waals surface area contributed by atoms with Gasteiger partial charge in [-0.2, -0.15) is 10.2 Å². The Morgan fingerprint density at radius 1 is 1.19 bits per heavy atom. The molecule has 1 aliphatic carbocycles. The molecule has 0 saturated heterocycles. The van der Waals surface area contributed by atoms with E-state index < -0.39 is 11.7 Å². The minimum atomic E-state index is -0.849. The van der Waals surface area contributed by atoms with E-state index in [4.69, 9.17) is 11.5 Å². The van der Waals surface area contributed by atoms with Gasteiger partial charge in [0.15, 0.2) is 17.3 Å². The molecule has 168 valence electrons. The topological polar surface area (TPSA) is 159 Å². The van der Waals surface area contributed by atoms with E-state index in [9.17, 15) is 14.0 Å². The van der Waals surface area contributed by atoms with Crippen molar-refractivity contribution < 1.29 is 9.18 Å². The monoisotopic (exact) mass is 441 g/mol. The van der Waals surface area contributed by atoms with Crippen molar-refractivity contribution >= 4 is 23.2 Å². The molecule has 12 heteroatoms. The van der Waals surface area contributed by atoms with Crippen LogP contribution >= 0.6 is 0 Å². The van der Waals surface area contributed by atoms with E-state index in [1.54, 1.807) is 7.05 Å². The van der Waals surface area contributed by atoms with Crippen molar-refractivity contribution in [3.63, 3.8) is 0 Å². The van der Waals surface area contributed by atoms with Crippen LogP contribution < -0.4 is 27.7 Å². The number of pyridine rings is 2. The molecule has 1 saturated carbocycles. The number of hydrogen-bond acceptors (Lipinski definition) is 8. The van der Waals surface area contributed by atoms with Gasteiger partial charge < -0.3 is 26.7 Å². The van der Waals surface area contributed by atoms with Crippen molar-refractivity contribution in [2.45, 2.75) is 37.8 Å². The first-order chi connectivity index (χ1) is 15.3. The van der Waals surface area contributed by atoms with E-state index >= 15 is 0 Å². The van der Waals surface area contributed by atoms with Gasteiger partial charge in [-0.3, -0.25) is 9.59 Å². The Morgan fingerprint density at radius 3 is 2.59 bits per heavy atom. The first-order valence-electron chi connectivity index (χ1n) is 10.2. The molecule has 3 heterocycles. The summed E-state index contributed by atoms with van der Waals surface area (Å²) in [7, 11) is 1.56. The highest BCUT2D eigenvalue weighted by Crippen LogP contribution is 2.27. The molecule has 1 fully saturated rings. The molecule has 11 nitrogen and oxygen atoms in total. The number of aromatic nitrogens is 5. The molecular formula is C20H24FN9O2. The van der Waals surface area contributed by atoms with Crippen LogP contribution in [-0.4, -0.2) is 42.5 Å². The Kier molecular flexibility index (Phi) is 5.86. The van der Waals surface area contributed by atoms with Crippen molar-refractivity contribution in [1.29, 1.82) is 0 Å². The maximum atomic E-state index is 14.7. The summed E-state index contributed by atoms with van der Waals surface area (Å²) in [6.07, 6.45) is 8.05. The number of halogens is 1. The Morgan fingerprint density at radius 2 is 1.91 bits per heavy atom. The van der Waals surface area contributed by atoms with Gasteiger partial charge >= 0.3 is 0 Å². The highest BCUT2D eigenvalue weighted by molar-refractivity contribution is 5.98. The second-order valence-electron chi connectivity index (χ2n) is 7.75. The van der Waals surface area contributed by atoms with Gasteiger partial charge in [-0.1, -0.05) is 12.8 Å². The molecule has 1 amide bonds. The van der Waals surface area contributed by atoms with Gasteiger partial charge in [-0.15, -0.1) is 4.80 Å². The maximum Gasteiger partial charge on any atom is 0.278 e. The average molecular weight is 441 g/mol. The van der Waals surface area contributed by atoms with Crippen molar-refractivity contribution in [1.82, 2.24) is 24.5 Å². The molecule has 0 radical (unpaired) electrons. The maximum absolute atomic E-state index is 14.7. The summed E-state index contributed by atoms with van der Waals surface area (Å²) in [5, 5.41) is 14.0. The molecule has 6 N–H and O–H groups in total. The Bertz CT molecular complexity index is 1190. The largest absolute Gasteiger partial charge is 0.365 e. The summed E-state index contributed by atoms with van der Waals surface area (Å²) in [6, 6.07) is 2.28. The Hall–Kier alpha value is -3.80. The normalized spacial score (nSPS) is 18.3. The van der Waals surface area contributed by atoms with E-state index in [1.165, 1.54) is 34.0 Å². The second kappa shape index (κ2) is 8.75. The standard InChI is InChI=1S/C20H24FN9O2/c1-29-10-11(8-16(20(29)32)30-24-6-7-25-30)26-18-12(17(23)31)9-13(21)19(28-18)27-15-5-3-2-4-14(15)22/h6-10,14-15H,2-5,22H2,1H3,(H2,23,31)(H2,26,27,28)/t14-,15+/m1/s1. The number of carbonyl (C=O) groups excluding carboxylic acids is 1. The highest BCUT2D eigenvalue weighted by Gasteiger charge is 2.24. The molecule has 0 unspecified atom stereocenters.